The van der Waals surface area contributed by atoms with Crippen molar-refractivity contribution in [3.8, 4) is 0 Å². The SMILES string of the molecule is CN(Cc1cccc(Cl)c1)Cc1nc2c(cnn2C)c(=O)[nH]1. The highest BCUT2D eigenvalue weighted by Crippen LogP contribution is 2.13. The summed E-state index contributed by atoms with van der Waals surface area (Å²) < 4.78 is 1.60. The number of fused-ring (bicyclic) bond motifs is 1. The number of hydrogen-bond donors (Lipinski definition) is 1. The van der Waals surface area contributed by atoms with Crippen LogP contribution in [0.4, 0.5) is 0 Å². The van der Waals surface area contributed by atoms with Crippen molar-refractivity contribution in [1.29, 1.82) is 0 Å². The van der Waals surface area contributed by atoms with E-state index in [-0.39, 0.29) is 5.56 Å². The molecule has 0 fully saturated rings. The molecule has 0 radical (unpaired) electrons. The van der Waals surface area contributed by atoms with Gasteiger partial charge < -0.3 is 4.98 Å². The molecular weight excluding hydrogens is 302 g/mol. The zero-order valence-corrected chi connectivity index (χ0v) is 13.1. The molecule has 3 aromatic rings. The fourth-order valence-electron chi connectivity index (χ4n) is 2.41. The number of nitrogens with one attached hydrogen (secondary N) is 1. The quantitative estimate of drug-likeness (QED) is 0.798. The van der Waals surface area contributed by atoms with Crippen molar-refractivity contribution >= 4 is 22.6 Å². The second kappa shape index (κ2) is 5.90. The second-order valence-electron chi connectivity index (χ2n) is 5.32. The maximum absolute atomic E-state index is 12.0. The summed E-state index contributed by atoms with van der Waals surface area (Å²) >= 11 is 5.99. The van der Waals surface area contributed by atoms with Gasteiger partial charge in [-0.1, -0.05) is 23.7 Å². The first-order chi connectivity index (χ1) is 10.5. The largest absolute Gasteiger partial charge is 0.309 e. The lowest BCUT2D eigenvalue weighted by atomic mass is 10.2. The van der Waals surface area contributed by atoms with Gasteiger partial charge >= 0.3 is 0 Å². The summed E-state index contributed by atoms with van der Waals surface area (Å²) in [6.45, 7) is 1.25. The smallest absolute Gasteiger partial charge is 0.262 e. The van der Waals surface area contributed by atoms with Crippen LogP contribution in [0.2, 0.25) is 5.02 Å². The van der Waals surface area contributed by atoms with Gasteiger partial charge in [0.1, 0.15) is 11.2 Å². The molecule has 7 heteroatoms. The minimum absolute atomic E-state index is 0.163. The molecule has 114 valence electrons. The van der Waals surface area contributed by atoms with Gasteiger partial charge in [0.25, 0.3) is 5.56 Å². The molecule has 0 atom stereocenters. The lowest BCUT2D eigenvalue weighted by molar-refractivity contribution is 0.310. The van der Waals surface area contributed by atoms with E-state index in [4.69, 9.17) is 11.6 Å². The Morgan fingerprint density at radius 2 is 2.18 bits per heavy atom. The van der Waals surface area contributed by atoms with Crippen molar-refractivity contribution in [3.05, 3.63) is 57.2 Å². The first kappa shape index (κ1) is 14.7. The zero-order chi connectivity index (χ0) is 15.7. The van der Waals surface area contributed by atoms with Crippen LogP contribution in [0.1, 0.15) is 11.4 Å². The van der Waals surface area contributed by atoms with Crippen molar-refractivity contribution in [1.82, 2.24) is 24.6 Å². The minimum Gasteiger partial charge on any atom is -0.309 e. The summed E-state index contributed by atoms with van der Waals surface area (Å²) in [6.07, 6.45) is 1.53. The van der Waals surface area contributed by atoms with Gasteiger partial charge in [-0.25, -0.2) is 4.98 Å². The van der Waals surface area contributed by atoms with Gasteiger partial charge in [0.05, 0.1) is 12.7 Å². The number of nitrogens with zero attached hydrogens (tertiary/aromatic N) is 4. The van der Waals surface area contributed by atoms with Gasteiger partial charge in [0.2, 0.25) is 0 Å². The molecule has 0 saturated heterocycles. The van der Waals surface area contributed by atoms with Crippen LogP contribution in [0.3, 0.4) is 0 Å². The molecule has 3 rings (SSSR count). The van der Waals surface area contributed by atoms with E-state index in [2.05, 4.69) is 20.0 Å². The minimum atomic E-state index is -0.163. The number of rotatable bonds is 4. The van der Waals surface area contributed by atoms with Crippen molar-refractivity contribution in [2.24, 2.45) is 7.05 Å². The van der Waals surface area contributed by atoms with E-state index in [1.807, 2.05) is 31.3 Å². The summed E-state index contributed by atoms with van der Waals surface area (Å²) in [5.74, 6) is 0.616. The van der Waals surface area contributed by atoms with E-state index in [0.29, 0.717) is 35.0 Å². The Hall–Kier alpha value is -2.18. The fourth-order valence-corrected chi connectivity index (χ4v) is 2.62. The highest BCUT2D eigenvalue weighted by molar-refractivity contribution is 6.30. The third kappa shape index (κ3) is 3.03. The number of benzene rings is 1. The van der Waals surface area contributed by atoms with E-state index in [1.165, 1.54) is 6.20 Å². The highest BCUT2D eigenvalue weighted by atomic mass is 35.5. The molecule has 0 aliphatic carbocycles. The average Bonchev–Trinajstić information content (AvgIpc) is 2.81. The summed E-state index contributed by atoms with van der Waals surface area (Å²) in [5.41, 5.74) is 1.54. The Bertz CT molecular complexity index is 870. The lowest BCUT2D eigenvalue weighted by Crippen LogP contribution is -2.22. The number of aryl methyl sites for hydroxylation is 1. The van der Waals surface area contributed by atoms with Crippen LogP contribution in [-0.4, -0.2) is 31.7 Å². The van der Waals surface area contributed by atoms with Gasteiger partial charge in [0, 0.05) is 18.6 Å². The van der Waals surface area contributed by atoms with Crippen molar-refractivity contribution in [2.75, 3.05) is 7.05 Å². The van der Waals surface area contributed by atoms with Crippen molar-refractivity contribution in [3.63, 3.8) is 0 Å². The van der Waals surface area contributed by atoms with Gasteiger partial charge in [-0.3, -0.25) is 14.4 Å². The number of halogens is 1. The summed E-state index contributed by atoms with van der Waals surface area (Å²) in [4.78, 5) is 21.4. The average molecular weight is 318 g/mol. The molecule has 2 heterocycles. The maximum Gasteiger partial charge on any atom is 0.262 e. The van der Waals surface area contributed by atoms with E-state index in [1.54, 1.807) is 11.7 Å². The van der Waals surface area contributed by atoms with Gasteiger partial charge in [-0.05, 0) is 24.7 Å². The van der Waals surface area contributed by atoms with Gasteiger partial charge in [-0.15, -0.1) is 0 Å². The van der Waals surface area contributed by atoms with Crippen molar-refractivity contribution in [2.45, 2.75) is 13.1 Å². The third-order valence-corrected chi connectivity index (χ3v) is 3.65. The Morgan fingerprint density at radius 3 is 2.95 bits per heavy atom. The number of H-pyrrole nitrogens is 1. The topological polar surface area (TPSA) is 66.8 Å². The Balaban J connectivity index is 1.80. The summed E-state index contributed by atoms with van der Waals surface area (Å²) in [5, 5.41) is 5.28. The van der Waals surface area contributed by atoms with Crippen molar-refractivity contribution < 1.29 is 0 Å². The van der Waals surface area contributed by atoms with Crippen LogP contribution >= 0.6 is 11.6 Å². The Kier molecular flexibility index (Phi) is 3.96. The number of aromatic nitrogens is 4. The zero-order valence-electron chi connectivity index (χ0n) is 12.4. The molecular formula is C15H16ClN5O. The number of hydrogen-bond acceptors (Lipinski definition) is 4. The van der Waals surface area contributed by atoms with Crippen LogP contribution in [0.15, 0.2) is 35.3 Å². The molecule has 1 N–H and O–H groups in total. The number of aromatic amines is 1. The van der Waals surface area contributed by atoms with E-state index in [9.17, 15) is 4.79 Å². The monoisotopic (exact) mass is 317 g/mol. The van der Waals surface area contributed by atoms with E-state index >= 15 is 0 Å². The van der Waals surface area contributed by atoms with Crippen LogP contribution in [0.5, 0.6) is 0 Å². The maximum atomic E-state index is 12.0. The summed E-state index contributed by atoms with van der Waals surface area (Å²) in [6, 6.07) is 7.72. The first-order valence-corrected chi connectivity index (χ1v) is 7.24. The van der Waals surface area contributed by atoms with Crippen LogP contribution in [0, 0.1) is 0 Å². The standard InChI is InChI=1S/C15H16ClN5O/c1-20(8-10-4-3-5-11(16)6-10)9-13-18-14-12(15(22)19-13)7-17-21(14)2/h3-7H,8-9H2,1-2H3,(H,18,19,22). The van der Waals surface area contributed by atoms with Crippen LogP contribution in [-0.2, 0) is 20.1 Å². The molecule has 0 spiro atoms. The molecule has 22 heavy (non-hydrogen) atoms. The lowest BCUT2D eigenvalue weighted by Gasteiger charge is -2.16. The Labute approximate surface area is 132 Å². The molecule has 0 saturated carbocycles. The van der Waals surface area contributed by atoms with Gasteiger partial charge in [0.15, 0.2) is 5.65 Å². The third-order valence-electron chi connectivity index (χ3n) is 3.41. The van der Waals surface area contributed by atoms with E-state index < -0.39 is 0 Å². The molecule has 0 aliphatic heterocycles. The second-order valence-corrected chi connectivity index (χ2v) is 5.76. The molecule has 0 unspecified atom stereocenters. The predicted octanol–water partition coefficient (Wildman–Crippen LogP) is 1.94. The molecule has 1 aromatic carbocycles. The molecule has 6 nitrogen and oxygen atoms in total. The van der Waals surface area contributed by atoms with Gasteiger partial charge in [-0.2, -0.15) is 5.10 Å². The fraction of sp³-hybridized carbons (Fsp3) is 0.267. The normalized spacial score (nSPS) is 11.5. The molecule has 0 bridgehead atoms. The Morgan fingerprint density at radius 1 is 1.36 bits per heavy atom. The van der Waals surface area contributed by atoms with Crippen LogP contribution < -0.4 is 5.56 Å². The molecule has 0 amide bonds. The highest BCUT2D eigenvalue weighted by Gasteiger charge is 2.10. The van der Waals surface area contributed by atoms with E-state index in [0.717, 1.165) is 5.56 Å². The predicted molar refractivity (Wildman–Crippen MR) is 85.8 cm³/mol. The molecule has 0 aliphatic rings. The van der Waals surface area contributed by atoms with Crippen LogP contribution in [0.25, 0.3) is 11.0 Å². The first-order valence-electron chi connectivity index (χ1n) is 6.87. The summed E-state index contributed by atoms with van der Waals surface area (Å²) in [7, 11) is 3.74. The molecule has 2 aromatic heterocycles.